The van der Waals surface area contributed by atoms with Gasteiger partial charge in [-0.1, -0.05) is 29.8 Å². The SMILES string of the molecule is COc1ccc(NC(=O)C(C)SCc2nc(N)nc(Nc3ccccc3C)n2)cc1Cl. The Bertz CT molecular complexity index is 1080. The van der Waals surface area contributed by atoms with Gasteiger partial charge >= 0.3 is 0 Å². The quantitative estimate of drug-likeness (QED) is 0.454. The minimum atomic E-state index is -0.355. The lowest BCUT2D eigenvalue weighted by atomic mass is 10.2. The number of carbonyl (C=O) groups excluding carboxylic acids is 1. The number of nitrogens with one attached hydrogen (secondary N) is 2. The summed E-state index contributed by atoms with van der Waals surface area (Å²) in [5.41, 5.74) is 8.38. The van der Waals surface area contributed by atoms with E-state index in [-0.39, 0.29) is 17.1 Å². The van der Waals surface area contributed by atoms with Crippen LogP contribution in [0.1, 0.15) is 18.3 Å². The molecule has 0 aliphatic carbocycles. The van der Waals surface area contributed by atoms with E-state index in [0.29, 0.717) is 34.0 Å². The number of anilines is 4. The summed E-state index contributed by atoms with van der Waals surface area (Å²) in [7, 11) is 1.54. The largest absolute Gasteiger partial charge is 0.495 e. The van der Waals surface area contributed by atoms with Gasteiger partial charge in [0.2, 0.25) is 17.8 Å². The van der Waals surface area contributed by atoms with Crippen molar-refractivity contribution in [3.05, 3.63) is 58.9 Å². The summed E-state index contributed by atoms with van der Waals surface area (Å²) in [6.45, 7) is 3.79. The Hall–Kier alpha value is -3.04. The second-order valence-corrected chi connectivity index (χ2v) is 8.40. The number of nitrogens with two attached hydrogens (primary N) is 1. The van der Waals surface area contributed by atoms with Gasteiger partial charge in [0.25, 0.3) is 0 Å². The summed E-state index contributed by atoms with van der Waals surface area (Å²) in [6.07, 6.45) is 0. The summed E-state index contributed by atoms with van der Waals surface area (Å²) in [5.74, 6) is 1.75. The molecule has 0 aliphatic rings. The molecule has 162 valence electrons. The van der Waals surface area contributed by atoms with Crippen LogP contribution in [0.15, 0.2) is 42.5 Å². The molecular formula is C21H23ClN6O2S. The van der Waals surface area contributed by atoms with Crippen molar-refractivity contribution in [2.75, 3.05) is 23.5 Å². The van der Waals surface area contributed by atoms with Crippen LogP contribution in [0.3, 0.4) is 0 Å². The fourth-order valence-corrected chi connectivity index (χ4v) is 3.65. The molecule has 31 heavy (non-hydrogen) atoms. The number of benzene rings is 2. The van der Waals surface area contributed by atoms with Crippen molar-refractivity contribution >= 4 is 52.5 Å². The molecule has 1 heterocycles. The predicted octanol–water partition coefficient (Wildman–Crippen LogP) is 4.43. The number of rotatable bonds is 8. The number of aromatic nitrogens is 3. The molecule has 0 fully saturated rings. The summed E-state index contributed by atoms with van der Waals surface area (Å²) < 4.78 is 5.12. The molecule has 3 rings (SSSR count). The summed E-state index contributed by atoms with van der Waals surface area (Å²) >= 11 is 7.50. The first-order valence-electron chi connectivity index (χ1n) is 9.45. The molecule has 8 nitrogen and oxygen atoms in total. The van der Waals surface area contributed by atoms with Crippen LogP contribution in [0.4, 0.5) is 23.3 Å². The number of thioether (sulfide) groups is 1. The molecule has 3 aromatic rings. The standard InChI is InChI=1S/C21H23ClN6O2S/c1-12-6-4-5-7-16(12)25-21-27-18(26-20(23)28-21)11-31-13(2)19(29)24-14-8-9-17(30-3)15(22)10-14/h4-10,13H,11H2,1-3H3,(H,24,29)(H3,23,25,26,27,28). The van der Waals surface area contributed by atoms with Crippen LogP contribution in [0.25, 0.3) is 0 Å². The van der Waals surface area contributed by atoms with Crippen LogP contribution in [0.5, 0.6) is 5.75 Å². The first-order valence-corrected chi connectivity index (χ1v) is 10.9. The van der Waals surface area contributed by atoms with Crippen LogP contribution in [0.2, 0.25) is 5.02 Å². The van der Waals surface area contributed by atoms with E-state index in [1.165, 1.54) is 18.9 Å². The third kappa shape index (κ3) is 6.22. The fraction of sp³-hybridized carbons (Fsp3) is 0.238. The number of hydrogen-bond acceptors (Lipinski definition) is 8. The minimum absolute atomic E-state index is 0.117. The minimum Gasteiger partial charge on any atom is -0.495 e. The predicted molar refractivity (Wildman–Crippen MR) is 126 cm³/mol. The summed E-state index contributed by atoms with van der Waals surface area (Å²) in [5, 5.41) is 6.07. The van der Waals surface area contributed by atoms with Crippen LogP contribution in [-0.4, -0.2) is 33.2 Å². The molecule has 0 saturated heterocycles. The Labute approximate surface area is 190 Å². The molecule has 4 N–H and O–H groups in total. The highest BCUT2D eigenvalue weighted by Crippen LogP contribution is 2.28. The van der Waals surface area contributed by atoms with Crippen LogP contribution in [0, 0.1) is 6.92 Å². The van der Waals surface area contributed by atoms with Gasteiger partial charge in [-0.25, -0.2) is 0 Å². The number of nitrogen functional groups attached to an aromatic ring is 1. The Balaban J connectivity index is 1.61. The van der Waals surface area contributed by atoms with Gasteiger partial charge in [0.15, 0.2) is 0 Å². The van der Waals surface area contributed by atoms with E-state index < -0.39 is 0 Å². The molecule has 0 spiro atoms. The maximum absolute atomic E-state index is 12.5. The average Bonchev–Trinajstić information content (AvgIpc) is 2.73. The van der Waals surface area contributed by atoms with Crippen molar-refractivity contribution in [3.63, 3.8) is 0 Å². The highest BCUT2D eigenvalue weighted by atomic mass is 35.5. The van der Waals surface area contributed by atoms with Crippen molar-refractivity contribution < 1.29 is 9.53 Å². The number of para-hydroxylation sites is 1. The number of aryl methyl sites for hydroxylation is 1. The normalized spacial score (nSPS) is 11.6. The molecule has 0 saturated carbocycles. The van der Waals surface area contributed by atoms with E-state index in [0.717, 1.165) is 11.3 Å². The number of methoxy groups -OCH3 is 1. The van der Waals surface area contributed by atoms with Gasteiger partial charge in [-0.05, 0) is 43.7 Å². The molecular weight excluding hydrogens is 436 g/mol. The zero-order chi connectivity index (χ0) is 22.4. The third-order valence-electron chi connectivity index (χ3n) is 4.34. The summed E-state index contributed by atoms with van der Waals surface area (Å²) in [6, 6.07) is 12.9. The van der Waals surface area contributed by atoms with Crippen LogP contribution >= 0.6 is 23.4 Å². The van der Waals surface area contributed by atoms with Gasteiger partial charge in [0, 0.05) is 11.4 Å². The third-order valence-corrected chi connectivity index (χ3v) is 5.78. The highest BCUT2D eigenvalue weighted by molar-refractivity contribution is 7.99. The first kappa shape index (κ1) is 22.6. The molecule has 2 aromatic carbocycles. The lowest BCUT2D eigenvalue weighted by Gasteiger charge is -2.13. The van der Waals surface area contributed by atoms with Gasteiger partial charge in [-0.3, -0.25) is 4.79 Å². The molecule has 1 amide bonds. The number of halogens is 1. The zero-order valence-corrected chi connectivity index (χ0v) is 18.9. The highest BCUT2D eigenvalue weighted by Gasteiger charge is 2.16. The fourth-order valence-electron chi connectivity index (χ4n) is 2.66. The van der Waals surface area contributed by atoms with Crippen molar-refractivity contribution in [2.45, 2.75) is 24.9 Å². The second-order valence-electron chi connectivity index (χ2n) is 6.67. The van der Waals surface area contributed by atoms with Crippen molar-refractivity contribution in [1.82, 2.24) is 15.0 Å². The molecule has 0 aliphatic heterocycles. The molecule has 0 bridgehead atoms. The van der Waals surface area contributed by atoms with Gasteiger partial charge in [-0.15, -0.1) is 11.8 Å². The van der Waals surface area contributed by atoms with Crippen molar-refractivity contribution in [1.29, 1.82) is 0 Å². The van der Waals surface area contributed by atoms with E-state index >= 15 is 0 Å². The number of carbonyl (C=O) groups is 1. The Kier molecular flexibility index (Phi) is 7.54. The Morgan fingerprint density at radius 1 is 1.23 bits per heavy atom. The number of ether oxygens (including phenoxy) is 1. The summed E-state index contributed by atoms with van der Waals surface area (Å²) in [4.78, 5) is 25.3. The molecule has 1 unspecified atom stereocenters. The van der Waals surface area contributed by atoms with E-state index in [1.807, 2.05) is 38.1 Å². The maximum atomic E-state index is 12.5. The number of amides is 1. The van der Waals surface area contributed by atoms with Crippen LogP contribution < -0.4 is 21.1 Å². The van der Waals surface area contributed by atoms with E-state index in [9.17, 15) is 4.79 Å². The number of nitrogens with zero attached hydrogens (tertiary/aromatic N) is 3. The van der Waals surface area contributed by atoms with Gasteiger partial charge in [-0.2, -0.15) is 15.0 Å². The second kappa shape index (κ2) is 10.3. The van der Waals surface area contributed by atoms with E-state index in [4.69, 9.17) is 22.1 Å². The molecule has 0 radical (unpaired) electrons. The van der Waals surface area contributed by atoms with Crippen molar-refractivity contribution in [2.24, 2.45) is 0 Å². The molecule has 1 atom stereocenters. The van der Waals surface area contributed by atoms with E-state index in [2.05, 4.69) is 25.6 Å². The number of hydrogen-bond donors (Lipinski definition) is 3. The van der Waals surface area contributed by atoms with Gasteiger partial charge in [0.05, 0.1) is 23.1 Å². The first-order chi connectivity index (χ1) is 14.9. The average molecular weight is 459 g/mol. The molecule has 10 heteroatoms. The monoisotopic (exact) mass is 458 g/mol. The van der Waals surface area contributed by atoms with Crippen LogP contribution in [-0.2, 0) is 10.5 Å². The topological polar surface area (TPSA) is 115 Å². The lowest BCUT2D eigenvalue weighted by molar-refractivity contribution is -0.115. The molecule has 1 aromatic heterocycles. The lowest BCUT2D eigenvalue weighted by Crippen LogP contribution is -2.22. The van der Waals surface area contributed by atoms with Gasteiger partial charge in [0.1, 0.15) is 11.6 Å². The van der Waals surface area contributed by atoms with Crippen molar-refractivity contribution in [3.8, 4) is 5.75 Å². The van der Waals surface area contributed by atoms with Gasteiger partial charge < -0.3 is 21.1 Å². The Morgan fingerprint density at radius 3 is 2.71 bits per heavy atom. The maximum Gasteiger partial charge on any atom is 0.237 e. The zero-order valence-electron chi connectivity index (χ0n) is 17.3. The van der Waals surface area contributed by atoms with E-state index in [1.54, 1.807) is 18.2 Å². The smallest absolute Gasteiger partial charge is 0.237 e. The Morgan fingerprint density at radius 2 is 2.00 bits per heavy atom.